The number of ketones is 2. The lowest BCUT2D eigenvalue weighted by atomic mass is 9.58. The predicted molar refractivity (Wildman–Crippen MR) is 161 cm³/mol. The lowest BCUT2D eigenvalue weighted by Crippen LogP contribution is -2.64. The second-order valence-electron chi connectivity index (χ2n) is 12.5. The maximum Gasteiger partial charge on any atom is 0.259 e. The molecule has 4 aliphatic rings. The van der Waals surface area contributed by atoms with Gasteiger partial charge >= 0.3 is 0 Å². The van der Waals surface area contributed by atoms with Gasteiger partial charge in [-0.25, -0.2) is 8.42 Å². The quantitative estimate of drug-likeness (QED) is 0.177. The van der Waals surface area contributed by atoms with E-state index in [9.17, 15) is 43.2 Å². The molecule has 6 N–H and O–H groups in total. The molecule has 0 radical (unpaired) electrons. The third-order valence-corrected chi connectivity index (χ3v) is 9.71. The predicted octanol–water partition coefficient (Wildman–Crippen LogP) is 0.242. The summed E-state index contributed by atoms with van der Waals surface area (Å²) in [5.41, 5.74) is -3.42. The zero-order valence-electron chi connectivity index (χ0n) is 25.3. The van der Waals surface area contributed by atoms with E-state index < -0.39 is 73.8 Å². The molecule has 1 heterocycles. The van der Waals surface area contributed by atoms with Crippen LogP contribution in [0, 0.1) is 11.8 Å². The molecule has 240 valence electrons. The highest BCUT2D eigenvalue weighted by atomic mass is 32.2. The number of benzene rings is 1. The lowest BCUT2D eigenvalue weighted by Gasteiger charge is -2.50. The normalized spacial score (nSPS) is 27.3. The van der Waals surface area contributed by atoms with E-state index >= 15 is 0 Å². The van der Waals surface area contributed by atoms with Crippen molar-refractivity contribution in [3.63, 3.8) is 0 Å². The van der Waals surface area contributed by atoms with E-state index in [-0.39, 0.29) is 36.3 Å². The van der Waals surface area contributed by atoms with Crippen molar-refractivity contribution >= 4 is 38.9 Å². The number of sulfonamides is 1. The van der Waals surface area contributed by atoms with Gasteiger partial charge in [0.25, 0.3) is 5.91 Å². The van der Waals surface area contributed by atoms with E-state index in [1.807, 2.05) is 4.90 Å². The van der Waals surface area contributed by atoms with Gasteiger partial charge in [0.1, 0.15) is 17.1 Å². The Hall–Kier alpha value is -3.66. The van der Waals surface area contributed by atoms with Gasteiger partial charge in [-0.3, -0.25) is 28.9 Å². The van der Waals surface area contributed by atoms with Crippen LogP contribution in [0.4, 0.5) is 11.4 Å². The van der Waals surface area contributed by atoms with Crippen LogP contribution in [0.15, 0.2) is 28.7 Å². The Bertz CT molecular complexity index is 1610. The van der Waals surface area contributed by atoms with Gasteiger partial charge in [-0.2, -0.15) is 0 Å². The summed E-state index contributed by atoms with van der Waals surface area (Å²) in [5, 5.41) is 48.8. The number of likely N-dealkylation sites (N-methyl/N-ethyl adjacent to an activating group) is 1. The first-order valence-electron chi connectivity index (χ1n) is 14.4. The van der Waals surface area contributed by atoms with Crippen LogP contribution in [0.2, 0.25) is 0 Å². The van der Waals surface area contributed by atoms with Crippen LogP contribution in [0.1, 0.15) is 35.2 Å². The van der Waals surface area contributed by atoms with E-state index in [4.69, 9.17) is 0 Å². The number of anilines is 2. The number of phenolic OH excluding ortho intramolecular Hbond substituents is 1. The Kier molecular flexibility index (Phi) is 7.98. The Morgan fingerprint density at radius 2 is 1.75 bits per heavy atom. The van der Waals surface area contributed by atoms with Crippen molar-refractivity contribution in [3.05, 3.63) is 39.9 Å². The van der Waals surface area contributed by atoms with Gasteiger partial charge in [-0.05, 0) is 70.4 Å². The second-order valence-corrected chi connectivity index (χ2v) is 14.3. The maximum atomic E-state index is 14.1. The number of rotatable bonds is 7. The van der Waals surface area contributed by atoms with Gasteiger partial charge in [-0.1, -0.05) is 0 Å². The number of aliphatic hydroxyl groups excluding tert-OH is 2. The zero-order valence-corrected chi connectivity index (χ0v) is 26.2. The second kappa shape index (κ2) is 11.1. The zero-order chi connectivity index (χ0) is 32.5. The molecule has 1 saturated heterocycles. The van der Waals surface area contributed by atoms with E-state index in [2.05, 4.69) is 10.0 Å². The first-order chi connectivity index (χ1) is 20.5. The van der Waals surface area contributed by atoms with Crippen LogP contribution in [0.25, 0.3) is 0 Å². The first kappa shape index (κ1) is 31.8. The van der Waals surface area contributed by atoms with Crippen molar-refractivity contribution in [1.29, 1.82) is 0 Å². The number of nitrogens with one attached hydrogen (secondary N) is 2. The first-order valence-corrected chi connectivity index (χ1v) is 16.3. The summed E-state index contributed by atoms with van der Waals surface area (Å²) < 4.78 is 26.2. The number of fused-ring (bicyclic) bond motifs is 3. The Morgan fingerprint density at radius 1 is 1.11 bits per heavy atom. The summed E-state index contributed by atoms with van der Waals surface area (Å²) in [5.74, 6) is -7.04. The minimum Gasteiger partial charge on any atom is -0.510 e. The molecule has 0 aromatic heterocycles. The summed E-state index contributed by atoms with van der Waals surface area (Å²) in [6.07, 6.45) is 2.88. The molecule has 1 amide bonds. The molecule has 0 bridgehead atoms. The fraction of sp³-hybridized carbons (Fsp3) is 0.552. The molecule has 3 unspecified atom stereocenters. The van der Waals surface area contributed by atoms with Crippen LogP contribution in [-0.4, -0.2) is 122 Å². The van der Waals surface area contributed by atoms with Crippen molar-refractivity contribution in [1.82, 2.24) is 15.1 Å². The molecule has 1 aliphatic heterocycles. The molecular weight excluding hydrogens is 594 g/mol. The number of hydrogen-bond donors (Lipinski definition) is 6. The number of phenols is 1. The molecule has 1 aromatic rings. The molecule has 3 aliphatic carbocycles. The molecule has 44 heavy (non-hydrogen) atoms. The summed E-state index contributed by atoms with van der Waals surface area (Å²) in [4.78, 5) is 46.5. The molecule has 15 heteroatoms. The number of hydrogen-bond acceptors (Lipinski definition) is 12. The average Bonchev–Trinajstić information content (AvgIpc) is 3.44. The van der Waals surface area contributed by atoms with Crippen molar-refractivity contribution in [2.45, 2.75) is 37.3 Å². The fourth-order valence-corrected chi connectivity index (χ4v) is 7.72. The highest BCUT2D eigenvalue weighted by Crippen LogP contribution is 2.54. The fourth-order valence-electron chi connectivity index (χ4n) is 7.17. The summed E-state index contributed by atoms with van der Waals surface area (Å²) in [6, 6.07) is 0.346. The monoisotopic (exact) mass is 633 g/mol. The molecule has 5 rings (SSSR count). The lowest BCUT2D eigenvalue weighted by molar-refractivity contribution is -0.148. The van der Waals surface area contributed by atoms with E-state index in [0.29, 0.717) is 11.3 Å². The SMILES string of the molecule is CN(C)c1cc(NS(C)(=O)=O)c(O)c2c1CC1CC3[C@H](N(C)C)C(O)=C(C(=O)NCN4CCCC4)C(=O)C3(O)C(O)=C1C2=O. The molecule has 1 aromatic carbocycles. The number of Topliss-reactive ketones (excluding diaryl/α,β-unsaturated/α-hetero) is 2. The van der Waals surface area contributed by atoms with Crippen molar-refractivity contribution in [2.75, 3.05) is 63.8 Å². The Labute approximate surface area is 255 Å². The topological polar surface area (TPSA) is 200 Å². The molecular formula is C29H39N5O9S. The van der Waals surface area contributed by atoms with Gasteiger partial charge in [0.05, 0.1) is 30.2 Å². The largest absolute Gasteiger partial charge is 0.510 e. The van der Waals surface area contributed by atoms with Crippen LogP contribution in [-0.2, 0) is 26.0 Å². The standard InChI is InChI=1S/C29H39N5O9S/c1-32(2)18-12-17(31-44(5,42)43)23(35)20-15(18)10-14-11-16-22(33(3)4)25(37)21(28(40)30-13-34-8-6-7-9-34)27(39)29(16,41)26(38)19(14)24(20)36/h12,14,16,22,31,35,37-38,41H,6-11,13H2,1-5H3,(H,30,40)/t14?,16?,22-,29?/m0/s1. The van der Waals surface area contributed by atoms with Gasteiger partial charge in [0.15, 0.2) is 17.1 Å². The smallest absolute Gasteiger partial charge is 0.259 e. The average molecular weight is 634 g/mol. The number of carbonyl (C=O) groups excluding carboxylic acids is 3. The van der Waals surface area contributed by atoms with Crippen molar-refractivity contribution in [3.8, 4) is 5.75 Å². The number of nitrogens with zero attached hydrogens (tertiary/aromatic N) is 3. The Balaban J connectivity index is 1.63. The number of aromatic hydroxyl groups is 1. The molecule has 0 spiro atoms. The van der Waals surface area contributed by atoms with Crippen LogP contribution < -0.4 is 14.9 Å². The van der Waals surface area contributed by atoms with Gasteiger partial charge in [0, 0.05) is 31.3 Å². The van der Waals surface area contributed by atoms with Crippen molar-refractivity contribution < 1.29 is 43.2 Å². The molecule has 1 fully saturated rings. The van der Waals surface area contributed by atoms with Gasteiger partial charge in [0.2, 0.25) is 15.8 Å². The van der Waals surface area contributed by atoms with Gasteiger partial charge < -0.3 is 30.6 Å². The van der Waals surface area contributed by atoms with E-state index in [1.165, 1.54) is 6.07 Å². The minimum atomic E-state index is -3.86. The summed E-state index contributed by atoms with van der Waals surface area (Å²) in [6.45, 7) is 1.64. The molecule has 0 saturated carbocycles. The third kappa shape index (κ3) is 5.01. The summed E-state index contributed by atoms with van der Waals surface area (Å²) >= 11 is 0. The van der Waals surface area contributed by atoms with Crippen LogP contribution >= 0.6 is 0 Å². The maximum absolute atomic E-state index is 14.1. The van der Waals surface area contributed by atoms with Gasteiger partial charge in [-0.15, -0.1) is 0 Å². The highest BCUT2D eigenvalue weighted by Gasteiger charge is 2.63. The van der Waals surface area contributed by atoms with Crippen LogP contribution in [0.5, 0.6) is 5.75 Å². The highest BCUT2D eigenvalue weighted by molar-refractivity contribution is 7.92. The number of amides is 1. The Morgan fingerprint density at radius 3 is 2.32 bits per heavy atom. The number of allylic oxidation sites excluding steroid dienone is 1. The number of likely N-dealkylation sites (tertiary alicyclic amines) is 1. The summed E-state index contributed by atoms with van der Waals surface area (Å²) in [7, 11) is 2.72. The van der Waals surface area contributed by atoms with E-state index in [0.717, 1.165) is 32.2 Å². The minimum absolute atomic E-state index is 0.0284. The molecule has 14 nitrogen and oxygen atoms in total. The third-order valence-electron chi connectivity index (χ3n) is 9.12. The number of aliphatic hydroxyl groups is 3. The molecule has 4 atom stereocenters. The number of carbonyl (C=O) groups is 3. The van der Waals surface area contributed by atoms with Crippen molar-refractivity contribution in [2.24, 2.45) is 11.8 Å². The van der Waals surface area contributed by atoms with Crippen LogP contribution in [0.3, 0.4) is 0 Å². The van der Waals surface area contributed by atoms with E-state index in [1.54, 1.807) is 38.0 Å².